The standard InChI is InChI=1S/C6H16N2/c1-5(7)6(2,3)8-4/h5,8H,7H2,1-4H3. The van der Waals surface area contributed by atoms with Crippen LogP contribution in [0.2, 0.25) is 0 Å². The minimum absolute atomic E-state index is 0.0694. The molecule has 0 fully saturated rings. The van der Waals surface area contributed by atoms with E-state index >= 15 is 0 Å². The Morgan fingerprint density at radius 3 is 1.88 bits per heavy atom. The molecule has 0 aromatic carbocycles. The summed E-state index contributed by atoms with van der Waals surface area (Å²) in [4.78, 5) is 0. The van der Waals surface area contributed by atoms with E-state index in [1.165, 1.54) is 0 Å². The first-order chi connectivity index (χ1) is 3.50. The third kappa shape index (κ3) is 1.80. The molecule has 2 nitrogen and oxygen atoms in total. The Morgan fingerprint density at radius 1 is 1.50 bits per heavy atom. The summed E-state index contributed by atoms with van der Waals surface area (Å²) in [5, 5.41) is 3.12. The fourth-order valence-corrected chi connectivity index (χ4v) is 0.228. The number of likely N-dealkylation sites (N-methyl/N-ethyl adjacent to an activating group) is 1. The molecule has 0 amide bonds. The molecule has 1 unspecified atom stereocenters. The summed E-state index contributed by atoms with van der Waals surface area (Å²) in [6.45, 7) is 6.16. The lowest BCUT2D eigenvalue weighted by Crippen LogP contribution is -2.50. The van der Waals surface area contributed by atoms with Crippen molar-refractivity contribution in [2.24, 2.45) is 5.73 Å². The predicted octanol–water partition coefficient (Wildman–Crippen LogP) is 0.332. The van der Waals surface area contributed by atoms with Crippen molar-refractivity contribution in [2.75, 3.05) is 7.05 Å². The van der Waals surface area contributed by atoms with Crippen LogP contribution in [0.5, 0.6) is 0 Å². The molecule has 0 rings (SSSR count). The maximum atomic E-state index is 5.62. The Hall–Kier alpha value is -0.0800. The third-order valence-electron chi connectivity index (χ3n) is 1.78. The molecule has 1 atom stereocenters. The fourth-order valence-electron chi connectivity index (χ4n) is 0.228. The van der Waals surface area contributed by atoms with Crippen molar-refractivity contribution in [1.82, 2.24) is 5.32 Å². The van der Waals surface area contributed by atoms with Crippen molar-refractivity contribution in [1.29, 1.82) is 0 Å². The van der Waals surface area contributed by atoms with Crippen molar-refractivity contribution in [3.63, 3.8) is 0 Å². The molecule has 0 saturated carbocycles. The van der Waals surface area contributed by atoms with Crippen LogP contribution in [0, 0.1) is 0 Å². The minimum atomic E-state index is 0.0694. The highest BCUT2D eigenvalue weighted by molar-refractivity contribution is 4.83. The molecule has 0 aromatic heterocycles. The van der Waals surface area contributed by atoms with Crippen LogP contribution in [0.4, 0.5) is 0 Å². The molecule has 0 aliphatic heterocycles. The van der Waals surface area contributed by atoms with E-state index in [4.69, 9.17) is 5.73 Å². The maximum absolute atomic E-state index is 5.62. The molecule has 3 N–H and O–H groups in total. The van der Waals surface area contributed by atoms with Crippen LogP contribution in [0.1, 0.15) is 20.8 Å². The van der Waals surface area contributed by atoms with E-state index in [-0.39, 0.29) is 11.6 Å². The first-order valence-electron chi connectivity index (χ1n) is 2.95. The smallest absolute Gasteiger partial charge is 0.0270 e. The second-order valence-corrected chi connectivity index (χ2v) is 2.76. The highest BCUT2D eigenvalue weighted by Gasteiger charge is 2.18. The summed E-state index contributed by atoms with van der Waals surface area (Å²) in [5.41, 5.74) is 5.69. The van der Waals surface area contributed by atoms with Crippen molar-refractivity contribution in [3.05, 3.63) is 0 Å². The zero-order valence-electron chi connectivity index (χ0n) is 6.15. The Kier molecular flexibility index (Phi) is 2.44. The summed E-state index contributed by atoms with van der Waals surface area (Å²) in [6, 6.07) is 0.201. The molecule has 2 heteroatoms. The van der Waals surface area contributed by atoms with Crippen LogP contribution in [-0.2, 0) is 0 Å². The van der Waals surface area contributed by atoms with E-state index in [0.29, 0.717) is 0 Å². The van der Waals surface area contributed by atoms with E-state index in [1.54, 1.807) is 0 Å². The Balaban J connectivity index is 3.71. The second-order valence-electron chi connectivity index (χ2n) is 2.76. The van der Waals surface area contributed by atoms with Gasteiger partial charge in [-0.1, -0.05) is 0 Å². The topological polar surface area (TPSA) is 38.0 Å². The van der Waals surface area contributed by atoms with E-state index in [0.717, 1.165) is 0 Å². The van der Waals surface area contributed by atoms with Gasteiger partial charge in [0.1, 0.15) is 0 Å². The fraction of sp³-hybridized carbons (Fsp3) is 1.00. The summed E-state index contributed by atoms with van der Waals surface area (Å²) in [5.74, 6) is 0. The van der Waals surface area contributed by atoms with Gasteiger partial charge in [-0.05, 0) is 27.8 Å². The summed E-state index contributed by atoms with van der Waals surface area (Å²) < 4.78 is 0. The van der Waals surface area contributed by atoms with Crippen molar-refractivity contribution < 1.29 is 0 Å². The largest absolute Gasteiger partial charge is 0.326 e. The molecule has 0 aliphatic rings. The first-order valence-corrected chi connectivity index (χ1v) is 2.95. The Bertz CT molecular complexity index is 66.9. The van der Waals surface area contributed by atoms with Crippen LogP contribution >= 0.6 is 0 Å². The summed E-state index contributed by atoms with van der Waals surface area (Å²) in [7, 11) is 1.92. The van der Waals surface area contributed by atoms with Crippen LogP contribution in [0.3, 0.4) is 0 Å². The van der Waals surface area contributed by atoms with Crippen LogP contribution in [0.15, 0.2) is 0 Å². The molecule has 0 aromatic rings. The lowest BCUT2D eigenvalue weighted by molar-refractivity contribution is 0.360. The van der Waals surface area contributed by atoms with Gasteiger partial charge in [0.15, 0.2) is 0 Å². The molecule has 0 aliphatic carbocycles. The lowest BCUT2D eigenvalue weighted by atomic mass is 9.98. The van der Waals surface area contributed by atoms with Gasteiger partial charge in [-0.15, -0.1) is 0 Å². The highest BCUT2D eigenvalue weighted by atomic mass is 15.0. The van der Waals surface area contributed by atoms with Crippen molar-refractivity contribution in [3.8, 4) is 0 Å². The Labute approximate surface area is 51.5 Å². The van der Waals surface area contributed by atoms with Gasteiger partial charge < -0.3 is 11.1 Å². The normalized spacial score (nSPS) is 16.1. The van der Waals surface area contributed by atoms with E-state index < -0.39 is 0 Å². The quantitative estimate of drug-likeness (QED) is 0.545. The highest BCUT2D eigenvalue weighted by Crippen LogP contribution is 2.03. The molecule has 0 spiro atoms. The summed E-state index contributed by atoms with van der Waals surface area (Å²) in [6.07, 6.45) is 0. The SMILES string of the molecule is CNC(C)(C)C(C)N. The van der Waals surface area contributed by atoms with Gasteiger partial charge in [0.2, 0.25) is 0 Å². The number of nitrogens with one attached hydrogen (secondary N) is 1. The third-order valence-corrected chi connectivity index (χ3v) is 1.78. The van der Waals surface area contributed by atoms with Gasteiger partial charge in [-0.25, -0.2) is 0 Å². The van der Waals surface area contributed by atoms with E-state index in [9.17, 15) is 0 Å². The van der Waals surface area contributed by atoms with Crippen molar-refractivity contribution in [2.45, 2.75) is 32.4 Å². The number of rotatable bonds is 2. The molecular formula is C6H16N2. The molecular weight excluding hydrogens is 100 g/mol. The first kappa shape index (κ1) is 7.92. The van der Waals surface area contributed by atoms with Crippen LogP contribution < -0.4 is 11.1 Å². The van der Waals surface area contributed by atoms with Gasteiger partial charge in [0, 0.05) is 11.6 Å². The number of hydrogen-bond acceptors (Lipinski definition) is 2. The van der Waals surface area contributed by atoms with E-state index in [1.807, 2.05) is 14.0 Å². The van der Waals surface area contributed by atoms with Gasteiger partial charge in [0.05, 0.1) is 0 Å². The minimum Gasteiger partial charge on any atom is -0.326 e. The molecule has 0 heterocycles. The number of hydrogen-bond donors (Lipinski definition) is 2. The van der Waals surface area contributed by atoms with Gasteiger partial charge in [-0.2, -0.15) is 0 Å². The zero-order chi connectivity index (χ0) is 6.78. The van der Waals surface area contributed by atoms with Gasteiger partial charge >= 0.3 is 0 Å². The molecule has 50 valence electrons. The Morgan fingerprint density at radius 2 is 1.88 bits per heavy atom. The van der Waals surface area contributed by atoms with Gasteiger partial charge in [-0.3, -0.25) is 0 Å². The summed E-state index contributed by atoms with van der Waals surface area (Å²) >= 11 is 0. The second kappa shape index (κ2) is 2.46. The van der Waals surface area contributed by atoms with Gasteiger partial charge in [0.25, 0.3) is 0 Å². The molecule has 0 saturated heterocycles. The molecule has 0 radical (unpaired) electrons. The van der Waals surface area contributed by atoms with E-state index in [2.05, 4.69) is 19.2 Å². The monoisotopic (exact) mass is 116 g/mol. The zero-order valence-corrected chi connectivity index (χ0v) is 6.15. The van der Waals surface area contributed by atoms with Crippen LogP contribution in [0.25, 0.3) is 0 Å². The lowest BCUT2D eigenvalue weighted by Gasteiger charge is -2.28. The molecule has 0 bridgehead atoms. The average molecular weight is 116 g/mol. The average Bonchev–Trinajstić information content (AvgIpc) is 1.67. The van der Waals surface area contributed by atoms with Crippen LogP contribution in [-0.4, -0.2) is 18.6 Å². The predicted molar refractivity (Wildman–Crippen MR) is 36.8 cm³/mol. The van der Waals surface area contributed by atoms with Crippen molar-refractivity contribution >= 4 is 0 Å². The number of nitrogens with two attached hydrogens (primary N) is 1. The molecule has 8 heavy (non-hydrogen) atoms. The maximum Gasteiger partial charge on any atom is 0.0270 e.